The van der Waals surface area contributed by atoms with Gasteiger partial charge in [-0.2, -0.15) is 0 Å². The van der Waals surface area contributed by atoms with E-state index in [2.05, 4.69) is 12.6 Å². The number of benzene rings is 1. The van der Waals surface area contributed by atoms with E-state index in [0.29, 0.717) is 18.1 Å². The summed E-state index contributed by atoms with van der Waals surface area (Å²) in [5.74, 6) is 0. The SMILES string of the molecule is C=C(C)COP(=O)(CC)c1[c]cccc1. The van der Waals surface area contributed by atoms with Gasteiger partial charge in [-0.15, -0.1) is 0 Å². The zero-order valence-electron chi connectivity index (χ0n) is 9.19. The summed E-state index contributed by atoms with van der Waals surface area (Å²) < 4.78 is 17.8. The van der Waals surface area contributed by atoms with Gasteiger partial charge >= 0.3 is 0 Å². The predicted molar refractivity (Wildman–Crippen MR) is 63.8 cm³/mol. The minimum Gasteiger partial charge on any atom is -0.321 e. The van der Waals surface area contributed by atoms with Gasteiger partial charge in [0.15, 0.2) is 0 Å². The van der Waals surface area contributed by atoms with E-state index in [1.807, 2.05) is 26.0 Å². The van der Waals surface area contributed by atoms with E-state index in [0.717, 1.165) is 5.57 Å². The highest BCUT2D eigenvalue weighted by Crippen LogP contribution is 2.45. The maximum Gasteiger partial charge on any atom is 0.232 e. The molecule has 0 amide bonds. The Kier molecular flexibility index (Phi) is 4.31. The highest BCUT2D eigenvalue weighted by Gasteiger charge is 2.23. The molecule has 15 heavy (non-hydrogen) atoms. The topological polar surface area (TPSA) is 26.3 Å². The largest absolute Gasteiger partial charge is 0.321 e. The van der Waals surface area contributed by atoms with E-state index in [4.69, 9.17) is 4.52 Å². The molecule has 0 aliphatic rings. The Morgan fingerprint density at radius 3 is 2.80 bits per heavy atom. The van der Waals surface area contributed by atoms with Gasteiger partial charge < -0.3 is 4.52 Å². The molecule has 1 atom stereocenters. The summed E-state index contributed by atoms with van der Waals surface area (Å²) in [5, 5.41) is 0.661. The van der Waals surface area contributed by atoms with E-state index >= 15 is 0 Å². The van der Waals surface area contributed by atoms with E-state index < -0.39 is 7.37 Å². The zero-order valence-corrected chi connectivity index (χ0v) is 10.1. The van der Waals surface area contributed by atoms with Crippen molar-refractivity contribution >= 4 is 12.7 Å². The minimum absolute atomic E-state index is 0.341. The number of hydrogen-bond acceptors (Lipinski definition) is 2. The molecule has 0 heterocycles. The highest BCUT2D eigenvalue weighted by molar-refractivity contribution is 7.66. The molecule has 0 saturated carbocycles. The van der Waals surface area contributed by atoms with Gasteiger partial charge in [0.2, 0.25) is 7.37 Å². The van der Waals surface area contributed by atoms with Crippen LogP contribution in [-0.4, -0.2) is 12.8 Å². The third-order valence-electron chi connectivity index (χ3n) is 2.00. The molecule has 0 bridgehead atoms. The molecule has 1 radical (unpaired) electrons. The molecule has 0 spiro atoms. The fourth-order valence-corrected chi connectivity index (χ4v) is 2.82. The van der Waals surface area contributed by atoms with Gasteiger partial charge in [0.1, 0.15) is 0 Å². The quantitative estimate of drug-likeness (QED) is 0.566. The first kappa shape index (κ1) is 12.2. The molecular formula is C12H16O2P. The van der Waals surface area contributed by atoms with Crippen molar-refractivity contribution in [1.29, 1.82) is 0 Å². The third kappa shape index (κ3) is 3.33. The number of hydrogen-bond donors (Lipinski definition) is 0. The second-order valence-corrected chi connectivity index (χ2v) is 6.19. The molecule has 3 heteroatoms. The first-order chi connectivity index (χ1) is 7.08. The van der Waals surface area contributed by atoms with Crippen molar-refractivity contribution in [3.8, 4) is 0 Å². The summed E-state index contributed by atoms with van der Waals surface area (Å²) in [6, 6.07) is 10.2. The fourth-order valence-electron chi connectivity index (χ4n) is 1.14. The molecule has 0 aliphatic carbocycles. The summed E-state index contributed by atoms with van der Waals surface area (Å²) in [6.45, 7) is 7.79. The van der Waals surface area contributed by atoms with Crippen LogP contribution in [0.4, 0.5) is 0 Å². The molecule has 0 N–H and O–H groups in total. The predicted octanol–water partition coefficient (Wildman–Crippen LogP) is 3.00. The lowest BCUT2D eigenvalue weighted by Crippen LogP contribution is -2.10. The Morgan fingerprint density at radius 1 is 1.60 bits per heavy atom. The van der Waals surface area contributed by atoms with Gasteiger partial charge in [0.25, 0.3) is 0 Å². The summed E-state index contributed by atoms with van der Waals surface area (Å²) in [7, 11) is -2.72. The van der Waals surface area contributed by atoms with Crippen molar-refractivity contribution < 1.29 is 9.09 Å². The minimum atomic E-state index is -2.72. The lowest BCUT2D eigenvalue weighted by molar-refractivity contribution is 0.352. The molecule has 1 aromatic carbocycles. The molecule has 2 nitrogen and oxygen atoms in total. The fraction of sp³-hybridized carbons (Fsp3) is 0.333. The molecular weight excluding hydrogens is 207 g/mol. The monoisotopic (exact) mass is 223 g/mol. The van der Waals surface area contributed by atoms with Gasteiger partial charge in [-0.25, -0.2) is 0 Å². The smallest absolute Gasteiger partial charge is 0.232 e. The van der Waals surface area contributed by atoms with Crippen molar-refractivity contribution in [1.82, 2.24) is 0 Å². The third-order valence-corrected chi connectivity index (χ3v) is 4.39. The normalized spacial score (nSPS) is 14.5. The van der Waals surface area contributed by atoms with Gasteiger partial charge in [-0.05, 0) is 19.1 Å². The Hall–Kier alpha value is -0.850. The maximum absolute atomic E-state index is 12.4. The average molecular weight is 223 g/mol. The highest BCUT2D eigenvalue weighted by atomic mass is 31.2. The van der Waals surface area contributed by atoms with Crippen LogP contribution in [0.1, 0.15) is 13.8 Å². The van der Waals surface area contributed by atoms with E-state index in [1.54, 1.807) is 12.1 Å². The Labute approximate surface area is 91.4 Å². The lowest BCUT2D eigenvalue weighted by Gasteiger charge is -2.16. The molecule has 81 valence electrons. The van der Waals surface area contributed by atoms with Crippen LogP contribution in [0.5, 0.6) is 0 Å². The standard InChI is InChI=1S/C12H16O2P/c1-4-15(13,14-10-11(2)3)12-8-6-5-7-9-12/h5-8H,2,4,10H2,1,3H3. The van der Waals surface area contributed by atoms with Gasteiger partial charge in [-0.1, -0.05) is 37.3 Å². The first-order valence-electron chi connectivity index (χ1n) is 4.94. The summed E-state index contributed by atoms with van der Waals surface area (Å²) in [5.41, 5.74) is 0.875. The average Bonchev–Trinajstić information content (AvgIpc) is 2.27. The van der Waals surface area contributed by atoms with Gasteiger partial charge in [0, 0.05) is 11.5 Å². The van der Waals surface area contributed by atoms with E-state index in [1.165, 1.54) is 0 Å². The molecule has 1 rings (SSSR count). The lowest BCUT2D eigenvalue weighted by atomic mass is 10.4. The van der Waals surface area contributed by atoms with Crippen LogP contribution < -0.4 is 5.30 Å². The van der Waals surface area contributed by atoms with Crippen LogP contribution in [0.25, 0.3) is 0 Å². The molecule has 0 saturated heterocycles. The summed E-state index contributed by atoms with van der Waals surface area (Å²) in [4.78, 5) is 0. The van der Waals surface area contributed by atoms with Gasteiger partial charge in [0.05, 0.1) is 6.61 Å². The maximum atomic E-state index is 12.4. The van der Waals surface area contributed by atoms with Crippen LogP contribution in [-0.2, 0) is 9.09 Å². The van der Waals surface area contributed by atoms with Crippen LogP contribution in [0.3, 0.4) is 0 Å². The Balaban J connectivity index is 2.86. The molecule has 1 aromatic rings. The summed E-state index contributed by atoms with van der Waals surface area (Å²) in [6.07, 6.45) is 0.487. The molecule has 1 unspecified atom stereocenters. The molecule has 0 aromatic heterocycles. The van der Waals surface area contributed by atoms with Crippen LogP contribution >= 0.6 is 7.37 Å². The molecule has 0 aliphatic heterocycles. The van der Waals surface area contributed by atoms with Gasteiger partial charge in [-0.3, -0.25) is 4.57 Å². The van der Waals surface area contributed by atoms with Crippen molar-refractivity contribution in [2.45, 2.75) is 13.8 Å². The van der Waals surface area contributed by atoms with Crippen LogP contribution in [0, 0.1) is 6.07 Å². The van der Waals surface area contributed by atoms with Crippen molar-refractivity contribution in [2.75, 3.05) is 12.8 Å². The second kappa shape index (κ2) is 5.29. The van der Waals surface area contributed by atoms with Crippen LogP contribution in [0.15, 0.2) is 36.4 Å². The first-order valence-corrected chi connectivity index (χ1v) is 6.75. The van der Waals surface area contributed by atoms with E-state index in [9.17, 15) is 4.57 Å². The number of rotatable bonds is 5. The van der Waals surface area contributed by atoms with Crippen LogP contribution in [0.2, 0.25) is 0 Å². The van der Waals surface area contributed by atoms with Crippen molar-refractivity contribution in [3.05, 3.63) is 42.5 Å². The zero-order chi connectivity index (χ0) is 11.3. The molecule has 0 fully saturated rings. The second-order valence-electron chi connectivity index (χ2n) is 3.47. The summed E-state index contributed by atoms with van der Waals surface area (Å²) >= 11 is 0. The van der Waals surface area contributed by atoms with Crippen molar-refractivity contribution in [3.63, 3.8) is 0 Å². The van der Waals surface area contributed by atoms with Crippen molar-refractivity contribution in [2.24, 2.45) is 0 Å². The Morgan fingerprint density at radius 2 is 2.33 bits per heavy atom. The Bertz CT molecular complexity index is 370. The van der Waals surface area contributed by atoms with E-state index in [-0.39, 0.29) is 0 Å².